The molecule has 0 aliphatic carbocycles. The summed E-state index contributed by atoms with van der Waals surface area (Å²) in [5.74, 6) is 1.23. The summed E-state index contributed by atoms with van der Waals surface area (Å²) in [6, 6.07) is 20.8. The fraction of sp³-hybridized carbons (Fsp3) is 0.214. The third-order valence-electron chi connectivity index (χ3n) is 5.33. The van der Waals surface area contributed by atoms with Crippen LogP contribution in [-0.4, -0.2) is 35.8 Å². The SMILES string of the molecule is CCOc1cc(/C=C2\SC(=O)N(CCOc3ccc(C)cc3)C2=O)cc(Cl)c1OCc1ccccc1. The number of imide groups is 1. The zero-order valence-corrected chi connectivity index (χ0v) is 21.6. The third-order valence-corrected chi connectivity index (χ3v) is 6.52. The topological polar surface area (TPSA) is 65.1 Å². The molecule has 3 aromatic rings. The van der Waals surface area contributed by atoms with Crippen LogP contribution in [0.2, 0.25) is 5.02 Å². The molecule has 4 rings (SSSR count). The van der Waals surface area contributed by atoms with E-state index in [1.807, 2.05) is 68.4 Å². The number of hydrogen-bond acceptors (Lipinski definition) is 6. The van der Waals surface area contributed by atoms with Crippen molar-refractivity contribution in [3.8, 4) is 17.2 Å². The van der Waals surface area contributed by atoms with E-state index in [1.54, 1.807) is 18.2 Å². The molecule has 186 valence electrons. The Hall–Kier alpha value is -3.42. The second kappa shape index (κ2) is 12.0. The molecule has 0 spiro atoms. The summed E-state index contributed by atoms with van der Waals surface area (Å²) in [6.07, 6.45) is 1.64. The summed E-state index contributed by atoms with van der Waals surface area (Å²) in [5, 5.41) is 0.0200. The molecule has 0 aromatic heterocycles. The van der Waals surface area contributed by atoms with Crippen LogP contribution in [0, 0.1) is 6.92 Å². The van der Waals surface area contributed by atoms with Crippen LogP contribution in [0.1, 0.15) is 23.6 Å². The normalized spacial score (nSPS) is 14.4. The van der Waals surface area contributed by atoms with Crippen molar-refractivity contribution in [1.82, 2.24) is 4.90 Å². The molecule has 6 nitrogen and oxygen atoms in total. The quantitative estimate of drug-likeness (QED) is 0.274. The van der Waals surface area contributed by atoms with Gasteiger partial charge in [-0.15, -0.1) is 0 Å². The predicted molar refractivity (Wildman–Crippen MR) is 143 cm³/mol. The number of carbonyl (C=O) groups excluding carboxylic acids is 2. The van der Waals surface area contributed by atoms with Gasteiger partial charge in [-0.1, -0.05) is 59.6 Å². The zero-order valence-electron chi connectivity index (χ0n) is 20.0. The highest BCUT2D eigenvalue weighted by atomic mass is 35.5. The molecule has 8 heteroatoms. The lowest BCUT2D eigenvalue weighted by molar-refractivity contribution is -0.123. The van der Waals surface area contributed by atoms with E-state index in [9.17, 15) is 9.59 Å². The lowest BCUT2D eigenvalue weighted by Gasteiger charge is -2.15. The first-order chi connectivity index (χ1) is 17.4. The predicted octanol–water partition coefficient (Wildman–Crippen LogP) is 6.74. The van der Waals surface area contributed by atoms with Crippen LogP contribution in [0.25, 0.3) is 6.08 Å². The number of benzene rings is 3. The fourth-order valence-corrected chi connectivity index (χ4v) is 4.68. The van der Waals surface area contributed by atoms with Gasteiger partial charge in [0.15, 0.2) is 11.5 Å². The van der Waals surface area contributed by atoms with Gasteiger partial charge < -0.3 is 14.2 Å². The minimum atomic E-state index is -0.365. The van der Waals surface area contributed by atoms with Crippen LogP contribution in [0.4, 0.5) is 4.79 Å². The van der Waals surface area contributed by atoms with Crippen molar-refractivity contribution in [2.24, 2.45) is 0 Å². The molecular weight excluding hydrogens is 498 g/mol. The lowest BCUT2D eigenvalue weighted by Crippen LogP contribution is -2.32. The molecule has 0 atom stereocenters. The highest BCUT2D eigenvalue weighted by Gasteiger charge is 2.35. The first-order valence-corrected chi connectivity index (χ1v) is 12.7. The monoisotopic (exact) mass is 523 g/mol. The molecule has 0 N–H and O–H groups in total. The fourth-order valence-electron chi connectivity index (χ4n) is 3.54. The number of halogens is 1. The number of ether oxygens (including phenoxy) is 3. The van der Waals surface area contributed by atoms with Gasteiger partial charge in [0.1, 0.15) is 19.0 Å². The molecule has 1 saturated heterocycles. The summed E-state index contributed by atoms with van der Waals surface area (Å²) in [6.45, 7) is 4.98. The number of nitrogens with zero attached hydrogens (tertiary/aromatic N) is 1. The van der Waals surface area contributed by atoms with Gasteiger partial charge in [0.25, 0.3) is 11.1 Å². The van der Waals surface area contributed by atoms with Crippen LogP contribution in [0.5, 0.6) is 17.2 Å². The highest BCUT2D eigenvalue weighted by molar-refractivity contribution is 8.18. The maximum atomic E-state index is 12.9. The number of amides is 2. The molecule has 0 saturated carbocycles. The second-order valence-corrected chi connectivity index (χ2v) is 9.43. The molecule has 0 unspecified atom stereocenters. The van der Waals surface area contributed by atoms with E-state index in [4.69, 9.17) is 25.8 Å². The van der Waals surface area contributed by atoms with E-state index >= 15 is 0 Å². The minimum absolute atomic E-state index is 0.160. The van der Waals surface area contributed by atoms with Crippen molar-refractivity contribution in [2.75, 3.05) is 19.8 Å². The first-order valence-electron chi connectivity index (χ1n) is 11.5. The average molecular weight is 524 g/mol. The van der Waals surface area contributed by atoms with Crippen LogP contribution >= 0.6 is 23.4 Å². The minimum Gasteiger partial charge on any atom is -0.492 e. The van der Waals surface area contributed by atoms with E-state index in [0.717, 1.165) is 22.9 Å². The molecule has 1 heterocycles. The number of carbonyl (C=O) groups is 2. The van der Waals surface area contributed by atoms with Gasteiger partial charge in [-0.3, -0.25) is 14.5 Å². The molecule has 1 fully saturated rings. The molecule has 0 bridgehead atoms. The van der Waals surface area contributed by atoms with Gasteiger partial charge in [-0.05, 0) is 67.1 Å². The number of rotatable bonds is 10. The number of thioether (sulfide) groups is 1. The number of aryl methyl sites for hydroxylation is 1. The highest BCUT2D eigenvalue weighted by Crippen LogP contribution is 2.39. The van der Waals surface area contributed by atoms with Crippen molar-refractivity contribution in [3.63, 3.8) is 0 Å². The van der Waals surface area contributed by atoms with Crippen molar-refractivity contribution in [1.29, 1.82) is 0 Å². The van der Waals surface area contributed by atoms with Gasteiger partial charge in [0.05, 0.1) is 23.1 Å². The maximum absolute atomic E-state index is 12.9. The van der Waals surface area contributed by atoms with Gasteiger partial charge >= 0.3 is 0 Å². The van der Waals surface area contributed by atoms with E-state index in [2.05, 4.69) is 0 Å². The third kappa shape index (κ3) is 6.42. The molecule has 2 amide bonds. The average Bonchev–Trinajstić information content (AvgIpc) is 3.13. The molecule has 36 heavy (non-hydrogen) atoms. The lowest BCUT2D eigenvalue weighted by atomic mass is 10.1. The summed E-state index contributed by atoms with van der Waals surface area (Å²) in [7, 11) is 0. The molecule has 0 radical (unpaired) electrons. The Labute approximate surface area is 219 Å². The van der Waals surface area contributed by atoms with Crippen molar-refractivity contribution >= 4 is 40.6 Å². The molecule has 3 aromatic carbocycles. The van der Waals surface area contributed by atoms with Gasteiger partial charge in [-0.2, -0.15) is 0 Å². The first kappa shape index (κ1) is 25.7. The Kier molecular flexibility index (Phi) is 8.57. The Morgan fingerprint density at radius 1 is 0.972 bits per heavy atom. The molecular formula is C28H26ClNO5S. The van der Waals surface area contributed by atoms with E-state index in [-0.39, 0.29) is 24.3 Å². The second-order valence-electron chi connectivity index (χ2n) is 8.03. The zero-order chi connectivity index (χ0) is 25.5. The Balaban J connectivity index is 1.45. The van der Waals surface area contributed by atoms with Gasteiger partial charge in [0, 0.05) is 0 Å². The van der Waals surface area contributed by atoms with Gasteiger partial charge in [-0.25, -0.2) is 0 Å². The Morgan fingerprint density at radius 3 is 2.44 bits per heavy atom. The summed E-state index contributed by atoms with van der Waals surface area (Å²) < 4.78 is 17.4. The molecule has 1 aliphatic rings. The Morgan fingerprint density at radius 2 is 1.72 bits per heavy atom. The van der Waals surface area contributed by atoms with E-state index in [1.165, 1.54) is 4.90 Å². The molecule has 1 aliphatic heterocycles. The summed E-state index contributed by atoms with van der Waals surface area (Å²) in [5.41, 5.74) is 2.76. The standard InChI is InChI=1S/C28H26ClNO5S/c1-3-33-24-16-21(15-23(29)26(24)35-18-20-7-5-4-6-8-20)17-25-27(31)30(28(32)36-25)13-14-34-22-11-9-19(2)10-12-22/h4-12,15-17H,3,13-14,18H2,1-2H3/b25-17-. The largest absolute Gasteiger partial charge is 0.492 e. The maximum Gasteiger partial charge on any atom is 0.293 e. The van der Waals surface area contributed by atoms with Crippen molar-refractivity contribution in [2.45, 2.75) is 20.5 Å². The van der Waals surface area contributed by atoms with Crippen LogP contribution in [0.3, 0.4) is 0 Å². The number of hydrogen-bond donors (Lipinski definition) is 0. The van der Waals surface area contributed by atoms with Crippen LogP contribution in [-0.2, 0) is 11.4 Å². The summed E-state index contributed by atoms with van der Waals surface area (Å²) in [4.78, 5) is 26.9. The smallest absolute Gasteiger partial charge is 0.293 e. The van der Waals surface area contributed by atoms with Gasteiger partial charge in [0.2, 0.25) is 0 Å². The summed E-state index contributed by atoms with van der Waals surface area (Å²) >= 11 is 7.42. The Bertz CT molecular complexity index is 1260. The van der Waals surface area contributed by atoms with Crippen molar-refractivity contribution in [3.05, 3.63) is 93.3 Å². The van der Waals surface area contributed by atoms with Crippen molar-refractivity contribution < 1.29 is 23.8 Å². The van der Waals surface area contributed by atoms with E-state index < -0.39 is 0 Å². The van der Waals surface area contributed by atoms with E-state index in [0.29, 0.717) is 46.0 Å². The van der Waals surface area contributed by atoms with Crippen LogP contribution < -0.4 is 14.2 Å². The van der Waals surface area contributed by atoms with Crippen LogP contribution in [0.15, 0.2) is 71.6 Å².